The monoisotopic (exact) mass is 236 g/mol. The topological polar surface area (TPSA) is 61.2 Å². The minimum atomic E-state index is -0.526. The van der Waals surface area contributed by atoms with Crippen molar-refractivity contribution in [1.82, 2.24) is 9.78 Å². The number of aromatic nitrogens is 2. The first-order valence-electron chi connectivity index (χ1n) is 5.22. The number of hydrogen-bond acceptors (Lipinski definition) is 4. The third-order valence-electron chi connectivity index (χ3n) is 1.93. The second kappa shape index (κ2) is 4.95. The zero-order valence-electron chi connectivity index (χ0n) is 10.4. The van der Waals surface area contributed by atoms with E-state index in [4.69, 9.17) is 4.74 Å². The van der Waals surface area contributed by atoms with E-state index in [9.17, 15) is 9.59 Å². The van der Waals surface area contributed by atoms with Gasteiger partial charge in [-0.15, -0.1) is 0 Å². The minimum absolute atomic E-state index is 0.437. The van der Waals surface area contributed by atoms with Crippen LogP contribution in [0.15, 0.2) is 12.3 Å². The average molecular weight is 236 g/mol. The number of aryl methyl sites for hydroxylation is 1. The number of aldehydes is 1. The Morgan fingerprint density at radius 2 is 2.12 bits per heavy atom. The van der Waals surface area contributed by atoms with Gasteiger partial charge in [0.05, 0.1) is 17.5 Å². The van der Waals surface area contributed by atoms with Crippen molar-refractivity contribution in [3.8, 4) is 0 Å². The summed E-state index contributed by atoms with van der Waals surface area (Å²) in [6, 6.07) is 0. The molecule has 0 saturated carbocycles. The summed E-state index contributed by atoms with van der Waals surface area (Å²) in [5.74, 6) is -0.449. The summed E-state index contributed by atoms with van der Waals surface area (Å²) < 4.78 is 6.62. The first kappa shape index (κ1) is 13.2. The first-order chi connectivity index (χ1) is 7.83. The van der Waals surface area contributed by atoms with Crippen LogP contribution in [0.1, 0.15) is 36.8 Å². The van der Waals surface area contributed by atoms with Crippen LogP contribution in [-0.4, -0.2) is 27.6 Å². The van der Waals surface area contributed by atoms with Crippen LogP contribution < -0.4 is 0 Å². The molecule has 5 heteroatoms. The van der Waals surface area contributed by atoms with E-state index < -0.39 is 11.6 Å². The third-order valence-corrected chi connectivity index (χ3v) is 1.93. The van der Waals surface area contributed by atoms with Gasteiger partial charge in [-0.05, 0) is 26.8 Å². The summed E-state index contributed by atoms with van der Waals surface area (Å²) in [6.45, 7) is 5.37. The number of esters is 1. The fourth-order valence-corrected chi connectivity index (χ4v) is 1.24. The highest BCUT2D eigenvalue weighted by Crippen LogP contribution is 2.10. The molecule has 0 aliphatic heterocycles. The lowest BCUT2D eigenvalue weighted by molar-refractivity contribution is -0.148. The molecule has 1 heterocycles. The van der Waals surface area contributed by atoms with Gasteiger partial charge < -0.3 is 4.74 Å². The number of nitrogens with zero attached hydrogens (tertiary/aromatic N) is 2. The summed E-state index contributed by atoms with van der Waals surface area (Å²) in [5.41, 5.74) is 0.486. The van der Waals surface area contributed by atoms with Gasteiger partial charge in [0.15, 0.2) is 6.29 Å². The lowest BCUT2D eigenvalue weighted by atomic mass is 10.2. The van der Waals surface area contributed by atoms with Crippen LogP contribution >= 0.6 is 0 Å². The van der Waals surface area contributed by atoms with Crippen molar-refractivity contribution < 1.29 is 14.3 Å². The van der Waals surface area contributed by atoms with Gasteiger partial charge in [0, 0.05) is 13.1 Å². The summed E-state index contributed by atoms with van der Waals surface area (Å²) in [5, 5.41) is 3.92. The molecule has 0 aromatic carbocycles. The maximum atomic E-state index is 11.4. The second-order valence-electron chi connectivity index (χ2n) is 4.59. The SMILES string of the molecule is Cn1ncc(C=O)c1/C=C/C(=O)OC(C)(C)C. The Morgan fingerprint density at radius 3 is 2.65 bits per heavy atom. The molecule has 5 nitrogen and oxygen atoms in total. The molecular formula is C12H16N2O3. The van der Waals surface area contributed by atoms with Crippen LogP contribution in [0.25, 0.3) is 6.08 Å². The van der Waals surface area contributed by atoms with Gasteiger partial charge in [0.2, 0.25) is 0 Å². The summed E-state index contributed by atoms with van der Waals surface area (Å²) >= 11 is 0. The second-order valence-corrected chi connectivity index (χ2v) is 4.59. The fourth-order valence-electron chi connectivity index (χ4n) is 1.24. The number of rotatable bonds is 3. The van der Waals surface area contributed by atoms with E-state index in [-0.39, 0.29) is 0 Å². The number of hydrogen-bond donors (Lipinski definition) is 0. The zero-order chi connectivity index (χ0) is 13.1. The van der Waals surface area contributed by atoms with Gasteiger partial charge in [-0.25, -0.2) is 4.79 Å². The molecule has 0 aliphatic carbocycles. The van der Waals surface area contributed by atoms with Gasteiger partial charge >= 0.3 is 5.97 Å². The highest BCUT2D eigenvalue weighted by molar-refractivity contribution is 5.89. The van der Waals surface area contributed by atoms with Crippen molar-refractivity contribution in [2.24, 2.45) is 7.05 Å². The highest BCUT2D eigenvalue weighted by Gasteiger charge is 2.14. The van der Waals surface area contributed by atoms with Crippen molar-refractivity contribution in [2.75, 3.05) is 0 Å². The molecule has 0 amide bonds. The van der Waals surface area contributed by atoms with Crippen LogP contribution in [0.2, 0.25) is 0 Å². The maximum Gasteiger partial charge on any atom is 0.331 e. The van der Waals surface area contributed by atoms with Crippen LogP contribution in [-0.2, 0) is 16.6 Å². The molecule has 1 aromatic rings. The lowest BCUT2D eigenvalue weighted by Gasteiger charge is -2.17. The predicted octanol–water partition coefficient (Wildman–Crippen LogP) is 1.59. The van der Waals surface area contributed by atoms with Crippen molar-refractivity contribution >= 4 is 18.3 Å². The summed E-state index contributed by atoms with van der Waals surface area (Å²) in [4.78, 5) is 22.1. The smallest absolute Gasteiger partial charge is 0.331 e. The first-order valence-corrected chi connectivity index (χ1v) is 5.22. The lowest BCUT2D eigenvalue weighted by Crippen LogP contribution is -2.22. The maximum absolute atomic E-state index is 11.4. The molecule has 0 radical (unpaired) electrons. The normalized spacial score (nSPS) is 11.8. The van der Waals surface area contributed by atoms with E-state index in [1.54, 1.807) is 27.8 Å². The molecule has 0 bridgehead atoms. The van der Waals surface area contributed by atoms with Gasteiger partial charge in [-0.1, -0.05) is 0 Å². The Bertz CT molecular complexity index is 453. The van der Waals surface area contributed by atoms with Crippen LogP contribution in [0.5, 0.6) is 0 Å². The van der Waals surface area contributed by atoms with E-state index in [2.05, 4.69) is 5.10 Å². The number of ether oxygens (including phenoxy) is 1. The summed E-state index contributed by atoms with van der Waals surface area (Å²) in [6.07, 6.45) is 4.95. The minimum Gasteiger partial charge on any atom is -0.457 e. The highest BCUT2D eigenvalue weighted by atomic mass is 16.6. The Balaban J connectivity index is 2.80. The average Bonchev–Trinajstić information content (AvgIpc) is 2.53. The van der Waals surface area contributed by atoms with Crippen LogP contribution in [0.3, 0.4) is 0 Å². The molecule has 0 atom stereocenters. The van der Waals surface area contributed by atoms with Gasteiger partial charge in [-0.2, -0.15) is 5.10 Å². The largest absolute Gasteiger partial charge is 0.457 e. The van der Waals surface area contributed by atoms with Gasteiger partial charge in [0.1, 0.15) is 5.60 Å². The molecule has 1 aromatic heterocycles. The predicted molar refractivity (Wildman–Crippen MR) is 63.5 cm³/mol. The van der Waals surface area contributed by atoms with E-state index in [1.807, 2.05) is 0 Å². The molecule has 0 N–H and O–H groups in total. The molecule has 0 unspecified atom stereocenters. The molecule has 92 valence electrons. The van der Waals surface area contributed by atoms with Crippen LogP contribution in [0.4, 0.5) is 0 Å². The molecule has 0 aliphatic rings. The molecular weight excluding hydrogens is 220 g/mol. The zero-order valence-corrected chi connectivity index (χ0v) is 10.4. The van der Waals surface area contributed by atoms with E-state index in [1.165, 1.54) is 23.0 Å². The Kier molecular flexibility index (Phi) is 3.83. The Morgan fingerprint density at radius 1 is 1.47 bits per heavy atom. The molecule has 0 spiro atoms. The van der Waals surface area contributed by atoms with Crippen LogP contribution in [0, 0.1) is 0 Å². The molecule has 17 heavy (non-hydrogen) atoms. The van der Waals surface area contributed by atoms with Gasteiger partial charge in [0.25, 0.3) is 0 Å². The molecule has 0 fully saturated rings. The van der Waals surface area contributed by atoms with Crippen molar-refractivity contribution in [1.29, 1.82) is 0 Å². The quantitative estimate of drug-likeness (QED) is 0.454. The van der Waals surface area contributed by atoms with Crippen molar-refractivity contribution in [3.63, 3.8) is 0 Å². The number of carbonyl (C=O) groups excluding carboxylic acids is 2. The Labute approximate surface area is 100 Å². The van der Waals surface area contributed by atoms with Crippen molar-refractivity contribution in [2.45, 2.75) is 26.4 Å². The molecule has 0 saturated heterocycles. The van der Waals surface area contributed by atoms with Crippen molar-refractivity contribution in [3.05, 3.63) is 23.5 Å². The molecule has 1 rings (SSSR count). The van der Waals surface area contributed by atoms with Gasteiger partial charge in [-0.3, -0.25) is 9.48 Å². The van der Waals surface area contributed by atoms with E-state index in [0.717, 1.165) is 0 Å². The number of carbonyl (C=O) groups is 2. The standard InChI is InChI=1S/C12H16N2O3/c1-12(2,3)17-11(16)6-5-10-9(8-15)7-13-14(10)4/h5-8H,1-4H3/b6-5+. The van der Waals surface area contributed by atoms with E-state index in [0.29, 0.717) is 17.5 Å². The van der Waals surface area contributed by atoms with E-state index >= 15 is 0 Å². The third kappa shape index (κ3) is 3.86. The fraction of sp³-hybridized carbons (Fsp3) is 0.417. The summed E-state index contributed by atoms with van der Waals surface area (Å²) in [7, 11) is 1.70. The Hall–Kier alpha value is -1.91.